The number of methoxy groups -OCH3 is 1. The Bertz CT molecular complexity index is 688. The summed E-state index contributed by atoms with van der Waals surface area (Å²) in [4.78, 5) is 23.1. The second-order valence-electron chi connectivity index (χ2n) is 4.30. The molecule has 1 heterocycles. The van der Waals surface area contributed by atoms with Crippen LogP contribution in [-0.2, 0) is 17.8 Å². The summed E-state index contributed by atoms with van der Waals surface area (Å²) in [6.45, 7) is 2.71. The molecule has 0 radical (unpaired) electrons. The number of esters is 1. The van der Waals surface area contributed by atoms with Crippen LogP contribution in [0.15, 0.2) is 35.4 Å². The SMILES string of the molecule is CCn1ccn(Cc2ccc(C(=O)OC)c(F)c2)c1=O. The van der Waals surface area contributed by atoms with Gasteiger partial charge in [0.2, 0.25) is 0 Å². The number of benzene rings is 1. The average Bonchev–Trinajstić information content (AvgIpc) is 2.79. The third kappa shape index (κ3) is 2.64. The lowest BCUT2D eigenvalue weighted by Crippen LogP contribution is -2.23. The minimum absolute atomic E-state index is 0.116. The summed E-state index contributed by atoms with van der Waals surface area (Å²) in [7, 11) is 1.20. The second-order valence-corrected chi connectivity index (χ2v) is 4.30. The first-order valence-corrected chi connectivity index (χ1v) is 6.19. The maximum absolute atomic E-state index is 13.8. The standard InChI is InChI=1S/C14H15FN2O3/c1-3-16-6-7-17(14(16)19)9-10-4-5-11(12(15)8-10)13(18)20-2/h4-8H,3,9H2,1-2H3. The van der Waals surface area contributed by atoms with Crippen LogP contribution in [0.25, 0.3) is 0 Å². The number of hydrogen-bond donors (Lipinski definition) is 0. The van der Waals surface area contributed by atoms with E-state index in [1.807, 2.05) is 6.92 Å². The van der Waals surface area contributed by atoms with Crippen molar-refractivity contribution in [3.63, 3.8) is 0 Å². The molecule has 0 atom stereocenters. The lowest BCUT2D eigenvalue weighted by molar-refractivity contribution is 0.0595. The van der Waals surface area contributed by atoms with Crippen molar-refractivity contribution >= 4 is 5.97 Å². The highest BCUT2D eigenvalue weighted by molar-refractivity contribution is 5.89. The minimum atomic E-state index is -0.719. The summed E-state index contributed by atoms with van der Waals surface area (Å²) >= 11 is 0. The van der Waals surface area contributed by atoms with Crippen LogP contribution in [0.5, 0.6) is 0 Å². The van der Waals surface area contributed by atoms with Crippen molar-refractivity contribution in [2.75, 3.05) is 7.11 Å². The van der Waals surface area contributed by atoms with Crippen LogP contribution < -0.4 is 5.69 Å². The van der Waals surface area contributed by atoms with Crippen LogP contribution in [0, 0.1) is 5.82 Å². The van der Waals surface area contributed by atoms with Crippen molar-refractivity contribution in [1.82, 2.24) is 9.13 Å². The molecule has 106 valence electrons. The quantitative estimate of drug-likeness (QED) is 0.799. The first-order chi connectivity index (χ1) is 9.56. The second kappa shape index (κ2) is 5.73. The summed E-state index contributed by atoms with van der Waals surface area (Å²) < 4.78 is 21.3. The van der Waals surface area contributed by atoms with E-state index in [-0.39, 0.29) is 17.8 Å². The fraction of sp³-hybridized carbons (Fsp3) is 0.286. The van der Waals surface area contributed by atoms with Gasteiger partial charge in [-0.15, -0.1) is 0 Å². The smallest absolute Gasteiger partial charge is 0.340 e. The van der Waals surface area contributed by atoms with Gasteiger partial charge in [0, 0.05) is 18.9 Å². The van der Waals surface area contributed by atoms with Crippen molar-refractivity contribution in [2.24, 2.45) is 0 Å². The Kier molecular flexibility index (Phi) is 4.02. The predicted octanol–water partition coefficient (Wildman–Crippen LogP) is 1.64. The fourth-order valence-electron chi connectivity index (χ4n) is 1.94. The number of aromatic nitrogens is 2. The number of hydrogen-bond acceptors (Lipinski definition) is 3. The highest BCUT2D eigenvalue weighted by Gasteiger charge is 2.12. The summed E-state index contributed by atoms with van der Waals surface area (Å²) in [6.07, 6.45) is 3.33. The van der Waals surface area contributed by atoms with E-state index in [4.69, 9.17) is 0 Å². The Balaban J connectivity index is 2.26. The Labute approximate surface area is 115 Å². The van der Waals surface area contributed by atoms with E-state index in [9.17, 15) is 14.0 Å². The van der Waals surface area contributed by atoms with Gasteiger partial charge in [-0.1, -0.05) is 6.07 Å². The van der Waals surface area contributed by atoms with Gasteiger partial charge in [0.25, 0.3) is 0 Å². The Morgan fingerprint density at radius 2 is 2.00 bits per heavy atom. The van der Waals surface area contributed by atoms with Gasteiger partial charge in [-0.2, -0.15) is 0 Å². The van der Waals surface area contributed by atoms with Crippen molar-refractivity contribution in [3.05, 3.63) is 58.0 Å². The molecule has 2 rings (SSSR count). The van der Waals surface area contributed by atoms with Gasteiger partial charge in [0.15, 0.2) is 0 Å². The molecule has 1 aromatic carbocycles. The molecule has 0 spiro atoms. The van der Waals surface area contributed by atoms with Crippen LogP contribution in [0.4, 0.5) is 4.39 Å². The van der Waals surface area contributed by atoms with Crippen LogP contribution in [0.2, 0.25) is 0 Å². The molecular formula is C14H15FN2O3. The van der Waals surface area contributed by atoms with Crippen LogP contribution in [-0.4, -0.2) is 22.2 Å². The topological polar surface area (TPSA) is 53.2 Å². The minimum Gasteiger partial charge on any atom is -0.465 e. The molecule has 0 aliphatic carbocycles. The first kappa shape index (κ1) is 14.0. The van der Waals surface area contributed by atoms with E-state index >= 15 is 0 Å². The Morgan fingerprint density at radius 1 is 1.30 bits per heavy atom. The van der Waals surface area contributed by atoms with Crippen molar-refractivity contribution in [2.45, 2.75) is 20.0 Å². The fourth-order valence-corrected chi connectivity index (χ4v) is 1.94. The molecule has 0 aliphatic rings. The van der Waals surface area contributed by atoms with Crippen molar-refractivity contribution in [1.29, 1.82) is 0 Å². The highest BCUT2D eigenvalue weighted by atomic mass is 19.1. The van der Waals surface area contributed by atoms with Gasteiger partial charge in [0.05, 0.1) is 19.2 Å². The molecule has 1 aromatic heterocycles. The largest absolute Gasteiger partial charge is 0.465 e. The third-order valence-corrected chi connectivity index (χ3v) is 3.05. The van der Waals surface area contributed by atoms with E-state index in [1.54, 1.807) is 23.0 Å². The lowest BCUT2D eigenvalue weighted by atomic mass is 10.1. The number of halogens is 1. The van der Waals surface area contributed by atoms with E-state index in [2.05, 4.69) is 4.74 Å². The molecule has 0 aliphatic heterocycles. The van der Waals surface area contributed by atoms with E-state index < -0.39 is 11.8 Å². The molecule has 0 unspecified atom stereocenters. The normalized spacial score (nSPS) is 10.6. The first-order valence-electron chi connectivity index (χ1n) is 6.19. The molecule has 0 saturated carbocycles. The number of imidazole rings is 1. The lowest BCUT2D eigenvalue weighted by Gasteiger charge is -2.05. The van der Waals surface area contributed by atoms with E-state index in [1.165, 1.54) is 23.8 Å². The van der Waals surface area contributed by atoms with E-state index in [0.29, 0.717) is 12.1 Å². The molecule has 0 fully saturated rings. The Hall–Kier alpha value is -2.37. The monoisotopic (exact) mass is 278 g/mol. The summed E-state index contributed by atoms with van der Waals surface area (Å²) in [5, 5.41) is 0. The maximum Gasteiger partial charge on any atom is 0.340 e. The highest BCUT2D eigenvalue weighted by Crippen LogP contribution is 2.12. The Morgan fingerprint density at radius 3 is 2.55 bits per heavy atom. The maximum atomic E-state index is 13.8. The van der Waals surface area contributed by atoms with Gasteiger partial charge in [0.1, 0.15) is 5.82 Å². The zero-order chi connectivity index (χ0) is 14.7. The van der Waals surface area contributed by atoms with Gasteiger partial charge < -0.3 is 4.74 Å². The van der Waals surface area contributed by atoms with Crippen molar-refractivity contribution in [3.8, 4) is 0 Å². The predicted molar refractivity (Wildman–Crippen MR) is 71.2 cm³/mol. The van der Waals surface area contributed by atoms with Gasteiger partial charge >= 0.3 is 11.7 Å². The molecule has 0 bridgehead atoms. The van der Waals surface area contributed by atoms with E-state index in [0.717, 1.165) is 0 Å². The van der Waals surface area contributed by atoms with Crippen LogP contribution >= 0.6 is 0 Å². The number of aryl methyl sites for hydroxylation is 1. The van der Waals surface area contributed by atoms with Crippen molar-refractivity contribution < 1.29 is 13.9 Å². The molecular weight excluding hydrogens is 263 g/mol. The molecule has 0 saturated heterocycles. The molecule has 0 amide bonds. The summed E-state index contributed by atoms with van der Waals surface area (Å²) in [5.74, 6) is -1.37. The summed E-state index contributed by atoms with van der Waals surface area (Å²) in [6, 6.07) is 4.20. The number of ether oxygens (including phenoxy) is 1. The number of nitrogens with zero attached hydrogens (tertiary/aromatic N) is 2. The molecule has 0 N–H and O–H groups in total. The number of carbonyl (C=O) groups is 1. The zero-order valence-corrected chi connectivity index (χ0v) is 11.3. The average molecular weight is 278 g/mol. The van der Waals surface area contributed by atoms with Crippen LogP contribution in [0.3, 0.4) is 0 Å². The molecule has 5 nitrogen and oxygen atoms in total. The number of carbonyl (C=O) groups excluding carboxylic acids is 1. The van der Waals surface area contributed by atoms with Gasteiger partial charge in [-0.05, 0) is 24.6 Å². The van der Waals surface area contributed by atoms with Gasteiger partial charge in [-0.25, -0.2) is 14.0 Å². The number of rotatable bonds is 4. The van der Waals surface area contributed by atoms with Gasteiger partial charge in [-0.3, -0.25) is 9.13 Å². The van der Waals surface area contributed by atoms with Crippen LogP contribution in [0.1, 0.15) is 22.8 Å². The molecule has 2 aromatic rings. The molecule has 6 heteroatoms. The third-order valence-electron chi connectivity index (χ3n) is 3.05. The zero-order valence-electron chi connectivity index (χ0n) is 11.3. The molecule has 20 heavy (non-hydrogen) atoms. The summed E-state index contributed by atoms with van der Waals surface area (Å²) in [5.41, 5.74) is 0.339.